The topological polar surface area (TPSA) is 41.1 Å². The van der Waals surface area contributed by atoms with E-state index in [-0.39, 0.29) is 5.91 Å². The van der Waals surface area contributed by atoms with E-state index in [2.05, 4.69) is 23.6 Å². The Labute approximate surface area is 89.9 Å². The van der Waals surface area contributed by atoms with Gasteiger partial charge in [0.2, 0.25) is 5.91 Å². The number of benzene rings is 1. The maximum atomic E-state index is 10.9. The van der Waals surface area contributed by atoms with E-state index in [4.69, 9.17) is 0 Å². The van der Waals surface area contributed by atoms with Crippen molar-refractivity contribution in [3.63, 3.8) is 0 Å². The molecule has 80 valence electrons. The van der Waals surface area contributed by atoms with E-state index in [1.165, 1.54) is 18.2 Å². The summed E-state index contributed by atoms with van der Waals surface area (Å²) >= 11 is 0. The molecule has 1 atom stereocenters. The van der Waals surface area contributed by atoms with Crippen LogP contribution in [-0.2, 0) is 11.2 Å². The summed E-state index contributed by atoms with van der Waals surface area (Å²) in [5.41, 5.74) is 3.37. The first-order valence-electron chi connectivity index (χ1n) is 5.32. The van der Waals surface area contributed by atoms with Crippen LogP contribution in [0.25, 0.3) is 0 Å². The molecule has 1 aromatic rings. The highest BCUT2D eigenvalue weighted by atomic mass is 16.1. The summed E-state index contributed by atoms with van der Waals surface area (Å²) in [5, 5.41) is 6.23. The molecule has 0 radical (unpaired) electrons. The van der Waals surface area contributed by atoms with Crippen molar-refractivity contribution < 1.29 is 4.79 Å². The molecule has 2 rings (SSSR count). The second-order valence-corrected chi connectivity index (χ2v) is 4.14. The largest absolute Gasteiger partial charge is 0.382 e. The average molecular weight is 204 g/mol. The van der Waals surface area contributed by atoms with Gasteiger partial charge in [-0.1, -0.05) is 0 Å². The van der Waals surface area contributed by atoms with Crippen LogP contribution in [0.15, 0.2) is 18.2 Å². The van der Waals surface area contributed by atoms with Crippen LogP contribution in [0.4, 0.5) is 11.4 Å². The number of hydrogen-bond donors (Lipinski definition) is 2. The summed E-state index contributed by atoms with van der Waals surface area (Å²) in [5.74, 6) is -0.0212. The molecule has 0 bridgehead atoms. The van der Waals surface area contributed by atoms with Gasteiger partial charge in [-0.05, 0) is 43.5 Å². The first-order valence-corrected chi connectivity index (χ1v) is 5.32. The molecule has 1 unspecified atom stereocenters. The molecule has 1 amide bonds. The standard InChI is InChI=1S/C12H16N2O/c1-8-3-4-10-7-11(14-9(2)15)5-6-12(10)13-8/h5-8,13H,3-4H2,1-2H3,(H,14,15). The van der Waals surface area contributed by atoms with Crippen molar-refractivity contribution in [3.05, 3.63) is 23.8 Å². The molecule has 0 aliphatic carbocycles. The zero-order valence-corrected chi connectivity index (χ0v) is 9.13. The second kappa shape index (κ2) is 3.93. The number of rotatable bonds is 1. The molecule has 3 heteroatoms. The van der Waals surface area contributed by atoms with Gasteiger partial charge in [-0.15, -0.1) is 0 Å². The molecule has 1 aliphatic heterocycles. The average Bonchev–Trinajstić information content (AvgIpc) is 2.17. The Hall–Kier alpha value is -1.51. The third-order valence-electron chi connectivity index (χ3n) is 2.67. The lowest BCUT2D eigenvalue weighted by molar-refractivity contribution is -0.114. The monoisotopic (exact) mass is 204 g/mol. The van der Waals surface area contributed by atoms with Crippen LogP contribution in [0.5, 0.6) is 0 Å². The van der Waals surface area contributed by atoms with Gasteiger partial charge in [-0.25, -0.2) is 0 Å². The molecule has 0 saturated heterocycles. The molecule has 0 saturated carbocycles. The Bertz CT molecular complexity index is 387. The zero-order chi connectivity index (χ0) is 10.8. The minimum Gasteiger partial charge on any atom is -0.382 e. The van der Waals surface area contributed by atoms with Crippen molar-refractivity contribution in [2.75, 3.05) is 10.6 Å². The van der Waals surface area contributed by atoms with E-state index in [0.717, 1.165) is 18.5 Å². The Morgan fingerprint density at radius 1 is 1.53 bits per heavy atom. The van der Waals surface area contributed by atoms with Gasteiger partial charge in [-0.3, -0.25) is 4.79 Å². The van der Waals surface area contributed by atoms with Gasteiger partial charge in [0.05, 0.1) is 0 Å². The summed E-state index contributed by atoms with van der Waals surface area (Å²) < 4.78 is 0. The summed E-state index contributed by atoms with van der Waals surface area (Å²) in [6.07, 6.45) is 2.23. The van der Waals surface area contributed by atoms with Gasteiger partial charge < -0.3 is 10.6 Å². The molecule has 0 spiro atoms. The van der Waals surface area contributed by atoms with Crippen LogP contribution in [0.1, 0.15) is 25.8 Å². The van der Waals surface area contributed by atoms with Crippen LogP contribution in [0.2, 0.25) is 0 Å². The molecule has 1 aliphatic rings. The fourth-order valence-electron chi connectivity index (χ4n) is 1.93. The highest BCUT2D eigenvalue weighted by molar-refractivity contribution is 5.89. The molecule has 0 aromatic heterocycles. The van der Waals surface area contributed by atoms with E-state index in [0.29, 0.717) is 6.04 Å². The first-order chi connectivity index (χ1) is 7.15. The van der Waals surface area contributed by atoms with E-state index < -0.39 is 0 Å². The number of fused-ring (bicyclic) bond motifs is 1. The van der Waals surface area contributed by atoms with Crippen molar-refractivity contribution in [2.24, 2.45) is 0 Å². The van der Waals surface area contributed by atoms with Gasteiger partial charge in [0.25, 0.3) is 0 Å². The normalized spacial score (nSPS) is 18.9. The van der Waals surface area contributed by atoms with Crippen molar-refractivity contribution >= 4 is 17.3 Å². The van der Waals surface area contributed by atoms with Crippen LogP contribution in [-0.4, -0.2) is 11.9 Å². The third-order valence-corrected chi connectivity index (χ3v) is 2.67. The van der Waals surface area contributed by atoms with Crippen LogP contribution < -0.4 is 10.6 Å². The summed E-state index contributed by atoms with van der Waals surface area (Å²) in [7, 11) is 0. The number of aryl methyl sites for hydroxylation is 1. The number of amides is 1. The lowest BCUT2D eigenvalue weighted by Crippen LogP contribution is -2.22. The van der Waals surface area contributed by atoms with Crippen molar-refractivity contribution in [1.82, 2.24) is 0 Å². The number of carbonyl (C=O) groups is 1. The second-order valence-electron chi connectivity index (χ2n) is 4.14. The maximum Gasteiger partial charge on any atom is 0.221 e. The van der Waals surface area contributed by atoms with Crippen molar-refractivity contribution in [1.29, 1.82) is 0 Å². The number of anilines is 2. The summed E-state index contributed by atoms with van der Waals surface area (Å²) in [6, 6.07) is 6.57. The quantitative estimate of drug-likeness (QED) is 0.737. The smallest absolute Gasteiger partial charge is 0.221 e. The first kappa shape index (κ1) is 10.0. The number of carbonyl (C=O) groups excluding carboxylic acids is 1. The molecule has 0 fully saturated rings. The predicted molar refractivity (Wildman–Crippen MR) is 62.2 cm³/mol. The van der Waals surface area contributed by atoms with Crippen molar-refractivity contribution in [2.45, 2.75) is 32.7 Å². The SMILES string of the molecule is CC(=O)Nc1ccc2c(c1)CCC(C)N2. The Kier molecular flexibility index (Phi) is 2.62. The number of nitrogens with one attached hydrogen (secondary N) is 2. The van der Waals surface area contributed by atoms with E-state index in [1.807, 2.05) is 12.1 Å². The van der Waals surface area contributed by atoms with E-state index in [1.54, 1.807) is 0 Å². The van der Waals surface area contributed by atoms with Crippen LogP contribution in [0.3, 0.4) is 0 Å². The maximum absolute atomic E-state index is 10.9. The van der Waals surface area contributed by atoms with Gasteiger partial charge >= 0.3 is 0 Å². The van der Waals surface area contributed by atoms with E-state index in [9.17, 15) is 4.79 Å². The van der Waals surface area contributed by atoms with Gasteiger partial charge in [0, 0.05) is 24.3 Å². The molecule has 2 N–H and O–H groups in total. The minimum atomic E-state index is -0.0212. The fourth-order valence-corrected chi connectivity index (χ4v) is 1.93. The van der Waals surface area contributed by atoms with Crippen LogP contribution >= 0.6 is 0 Å². The fraction of sp³-hybridized carbons (Fsp3) is 0.417. The van der Waals surface area contributed by atoms with Crippen molar-refractivity contribution in [3.8, 4) is 0 Å². The molecular weight excluding hydrogens is 188 g/mol. The molecule has 1 heterocycles. The zero-order valence-electron chi connectivity index (χ0n) is 9.13. The Morgan fingerprint density at radius 2 is 2.33 bits per heavy atom. The summed E-state index contributed by atoms with van der Waals surface area (Å²) in [4.78, 5) is 10.9. The van der Waals surface area contributed by atoms with Gasteiger partial charge in [0.15, 0.2) is 0 Å². The molecular formula is C12H16N2O. The van der Waals surface area contributed by atoms with Gasteiger partial charge in [-0.2, -0.15) is 0 Å². The minimum absolute atomic E-state index is 0.0212. The molecule has 3 nitrogen and oxygen atoms in total. The third kappa shape index (κ3) is 2.29. The Balaban J connectivity index is 2.23. The van der Waals surface area contributed by atoms with E-state index >= 15 is 0 Å². The highest BCUT2D eigenvalue weighted by Crippen LogP contribution is 2.27. The molecule has 1 aromatic carbocycles. The number of hydrogen-bond acceptors (Lipinski definition) is 2. The lowest BCUT2D eigenvalue weighted by atomic mass is 9.98. The predicted octanol–water partition coefficient (Wildman–Crippen LogP) is 2.39. The summed E-state index contributed by atoms with van der Waals surface area (Å²) in [6.45, 7) is 3.71. The highest BCUT2D eigenvalue weighted by Gasteiger charge is 2.13. The molecule has 15 heavy (non-hydrogen) atoms. The van der Waals surface area contributed by atoms with Gasteiger partial charge in [0.1, 0.15) is 0 Å². The lowest BCUT2D eigenvalue weighted by Gasteiger charge is -2.24. The Morgan fingerprint density at radius 3 is 3.07 bits per heavy atom. The van der Waals surface area contributed by atoms with Crippen LogP contribution in [0, 0.1) is 0 Å².